The minimum absolute atomic E-state index is 0.167. The zero-order valence-corrected chi connectivity index (χ0v) is 10.5. The first kappa shape index (κ1) is 12.4. The molecule has 1 aliphatic heterocycles. The maximum atomic E-state index is 12.0. The average molecular weight is 239 g/mol. The number of likely N-dealkylation sites (tertiary alicyclic amines) is 1. The predicted octanol–water partition coefficient (Wildman–Crippen LogP) is 1.73. The number of ether oxygens (including phenoxy) is 1. The van der Waals surface area contributed by atoms with Crippen LogP contribution >= 0.6 is 0 Å². The van der Waals surface area contributed by atoms with E-state index in [1.807, 2.05) is 0 Å². The first-order valence-corrected chi connectivity index (χ1v) is 6.71. The number of hydrogen-bond donors (Lipinski definition) is 0. The van der Waals surface area contributed by atoms with Crippen LogP contribution in [0.2, 0.25) is 0 Å². The highest BCUT2D eigenvalue weighted by atomic mass is 16.5. The Labute approximate surface area is 102 Å². The van der Waals surface area contributed by atoms with E-state index in [0.29, 0.717) is 6.61 Å². The van der Waals surface area contributed by atoms with Crippen LogP contribution < -0.4 is 0 Å². The lowest BCUT2D eigenvalue weighted by molar-refractivity contribution is -0.153. The third-order valence-corrected chi connectivity index (χ3v) is 3.48. The Hall–Kier alpha value is -1.06. The number of carbonyl (C=O) groups is 2. The molecule has 4 heteroatoms. The highest BCUT2D eigenvalue weighted by Crippen LogP contribution is 2.33. The maximum absolute atomic E-state index is 12.0. The molecule has 0 radical (unpaired) electrons. The van der Waals surface area contributed by atoms with Crippen LogP contribution in [-0.2, 0) is 14.3 Å². The number of amides is 1. The second-order valence-corrected chi connectivity index (χ2v) is 4.98. The van der Waals surface area contributed by atoms with Crippen LogP contribution in [0.4, 0.5) is 0 Å². The number of carbonyl (C=O) groups excluding carboxylic acids is 2. The summed E-state index contributed by atoms with van der Waals surface area (Å²) in [6, 6.07) is -0.306. The van der Waals surface area contributed by atoms with Crippen molar-refractivity contribution in [1.82, 2.24) is 4.90 Å². The fraction of sp³-hybridized carbons (Fsp3) is 0.846. The molecule has 2 fully saturated rings. The van der Waals surface area contributed by atoms with Crippen LogP contribution in [0.5, 0.6) is 0 Å². The van der Waals surface area contributed by atoms with E-state index in [2.05, 4.69) is 6.92 Å². The van der Waals surface area contributed by atoms with Gasteiger partial charge in [-0.3, -0.25) is 4.79 Å². The van der Waals surface area contributed by atoms with E-state index in [4.69, 9.17) is 4.74 Å². The van der Waals surface area contributed by atoms with Crippen LogP contribution in [0.15, 0.2) is 0 Å². The molecule has 1 saturated heterocycles. The Kier molecular flexibility index (Phi) is 4.02. The van der Waals surface area contributed by atoms with Gasteiger partial charge in [0, 0.05) is 12.5 Å². The fourth-order valence-electron chi connectivity index (χ4n) is 2.25. The molecular formula is C13H21NO3. The van der Waals surface area contributed by atoms with Crippen molar-refractivity contribution in [1.29, 1.82) is 0 Å². The van der Waals surface area contributed by atoms with E-state index >= 15 is 0 Å². The lowest BCUT2D eigenvalue weighted by atomic mass is 10.2. The van der Waals surface area contributed by atoms with Crippen molar-refractivity contribution in [3.63, 3.8) is 0 Å². The molecule has 2 rings (SSSR count). The molecule has 96 valence electrons. The maximum Gasteiger partial charge on any atom is 0.328 e. The van der Waals surface area contributed by atoms with Crippen molar-refractivity contribution in [2.75, 3.05) is 13.2 Å². The standard InChI is InChI=1S/C13H21NO3/c1-2-3-9-17-13(16)11-5-4-8-14(11)12(15)10-6-7-10/h10-11H,2-9H2,1H3. The molecule has 0 N–H and O–H groups in total. The minimum Gasteiger partial charge on any atom is -0.464 e. The molecule has 0 spiro atoms. The largest absolute Gasteiger partial charge is 0.464 e. The summed E-state index contributed by atoms with van der Waals surface area (Å²) in [6.45, 7) is 3.27. The molecule has 1 atom stereocenters. The number of nitrogens with zero attached hydrogens (tertiary/aromatic N) is 1. The van der Waals surface area contributed by atoms with Gasteiger partial charge >= 0.3 is 5.97 Å². The SMILES string of the molecule is CCCCOC(=O)C1CCCN1C(=O)C1CC1. The van der Waals surface area contributed by atoms with E-state index in [-0.39, 0.29) is 23.8 Å². The summed E-state index contributed by atoms with van der Waals surface area (Å²) in [4.78, 5) is 25.6. The van der Waals surface area contributed by atoms with Crippen molar-refractivity contribution in [3.8, 4) is 0 Å². The Balaban J connectivity index is 1.85. The summed E-state index contributed by atoms with van der Waals surface area (Å²) in [5.41, 5.74) is 0. The van der Waals surface area contributed by atoms with Gasteiger partial charge in [0.1, 0.15) is 6.04 Å². The fourth-order valence-corrected chi connectivity index (χ4v) is 2.25. The molecule has 1 saturated carbocycles. The number of hydrogen-bond acceptors (Lipinski definition) is 3. The molecular weight excluding hydrogens is 218 g/mol. The van der Waals surface area contributed by atoms with Crippen LogP contribution in [0.3, 0.4) is 0 Å². The van der Waals surface area contributed by atoms with E-state index in [1.54, 1.807) is 4.90 Å². The van der Waals surface area contributed by atoms with E-state index in [1.165, 1.54) is 0 Å². The molecule has 1 heterocycles. The van der Waals surface area contributed by atoms with Gasteiger partial charge in [-0.15, -0.1) is 0 Å². The smallest absolute Gasteiger partial charge is 0.328 e. The number of unbranched alkanes of at least 4 members (excludes halogenated alkanes) is 1. The summed E-state index contributed by atoms with van der Waals surface area (Å²) in [6.07, 6.45) is 5.59. The van der Waals surface area contributed by atoms with Crippen molar-refractivity contribution < 1.29 is 14.3 Å². The summed E-state index contributed by atoms with van der Waals surface area (Å²) >= 11 is 0. The highest BCUT2D eigenvalue weighted by Gasteiger charge is 2.41. The lowest BCUT2D eigenvalue weighted by Crippen LogP contribution is -2.42. The quantitative estimate of drug-likeness (QED) is 0.542. The summed E-state index contributed by atoms with van der Waals surface area (Å²) in [7, 11) is 0. The third-order valence-electron chi connectivity index (χ3n) is 3.48. The second kappa shape index (κ2) is 5.52. The van der Waals surface area contributed by atoms with Crippen LogP contribution in [-0.4, -0.2) is 36.0 Å². The zero-order chi connectivity index (χ0) is 12.3. The van der Waals surface area contributed by atoms with Crippen LogP contribution in [0, 0.1) is 5.92 Å². The normalized spacial score (nSPS) is 23.8. The molecule has 0 aromatic rings. The molecule has 1 unspecified atom stereocenters. The monoisotopic (exact) mass is 239 g/mol. The molecule has 1 aliphatic carbocycles. The van der Waals surface area contributed by atoms with Gasteiger partial charge in [-0.2, -0.15) is 0 Å². The molecule has 0 aromatic carbocycles. The van der Waals surface area contributed by atoms with Crippen LogP contribution in [0.1, 0.15) is 45.4 Å². The van der Waals surface area contributed by atoms with Crippen molar-refractivity contribution >= 4 is 11.9 Å². The van der Waals surface area contributed by atoms with Gasteiger partial charge in [0.05, 0.1) is 6.61 Å². The van der Waals surface area contributed by atoms with Gasteiger partial charge in [-0.25, -0.2) is 4.79 Å². The first-order chi connectivity index (χ1) is 8.24. The lowest BCUT2D eigenvalue weighted by Gasteiger charge is -2.23. The second-order valence-electron chi connectivity index (χ2n) is 4.98. The highest BCUT2D eigenvalue weighted by molar-refractivity contribution is 5.87. The van der Waals surface area contributed by atoms with Crippen molar-refractivity contribution in [2.24, 2.45) is 5.92 Å². The van der Waals surface area contributed by atoms with E-state index in [0.717, 1.165) is 45.1 Å². The summed E-state index contributed by atoms with van der Waals surface area (Å²) in [5, 5.41) is 0. The van der Waals surface area contributed by atoms with Gasteiger partial charge < -0.3 is 9.64 Å². The van der Waals surface area contributed by atoms with Gasteiger partial charge in [0.2, 0.25) is 5.91 Å². The number of esters is 1. The van der Waals surface area contributed by atoms with Gasteiger partial charge in [-0.05, 0) is 32.1 Å². The van der Waals surface area contributed by atoms with Gasteiger partial charge in [-0.1, -0.05) is 13.3 Å². The molecule has 0 bridgehead atoms. The van der Waals surface area contributed by atoms with E-state index in [9.17, 15) is 9.59 Å². The topological polar surface area (TPSA) is 46.6 Å². The average Bonchev–Trinajstić information content (AvgIpc) is 3.05. The molecule has 1 amide bonds. The third kappa shape index (κ3) is 2.99. The molecule has 0 aromatic heterocycles. The van der Waals surface area contributed by atoms with Crippen LogP contribution in [0.25, 0.3) is 0 Å². The minimum atomic E-state index is -0.306. The molecule has 2 aliphatic rings. The molecule has 4 nitrogen and oxygen atoms in total. The van der Waals surface area contributed by atoms with Crippen molar-refractivity contribution in [3.05, 3.63) is 0 Å². The summed E-state index contributed by atoms with van der Waals surface area (Å²) < 4.78 is 5.21. The van der Waals surface area contributed by atoms with Crippen molar-refractivity contribution in [2.45, 2.75) is 51.5 Å². The Morgan fingerprint density at radius 3 is 2.71 bits per heavy atom. The van der Waals surface area contributed by atoms with Gasteiger partial charge in [0.25, 0.3) is 0 Å². The Morgan fingerprint density at radius 2 is 2.06 bits per heavy atom. The van der Waals surface area contributed by atoms with E-state index < -0.39 is 0 Å². The molecule has 17 heavy (non-hydrogen) atoms. The zero-order valence-electron chi connectivity index (χ0n) is 10.5. The Bertz CT molecular complexity index is 299. The Morgan fingerprint density at radius 1 is 1.29 bits per heavy atom. The van der Waals surface area contributed by atoms with Gasteiger partial charge in [0.15, 0.2) is 0 Å². The number of rotatable bonds is 5. The first-order valence-electron chi connectivity index (χ1n) is 6.71. The summed E-state index contributed by atoms with van der Waals surface area (Å²) in [5.74, 6) is 0.156. The predicted molar refractivity (Wildman–Crippen MR) is 63.3 cm³/mol.